The van der Waals surface area contributed by atoms with Crippen LogP contribution in [0.1, 0.15) is 41.0 Å². The summed E-state index contributed by atoms with van der Waals surface area (Å²) in [5.41, 5.74) is 4.61. The van der Waals surface area contributed by atoms with Crippen LogP contribution in [0.15, 0.2) is 23.1 Å². The first-order valence-corrected chi connectivity index (χ1v) is 7.90. The van der Waals surface area contributed by atoms with Gasteiger partial charge in [0.15, 0.2) is 0 Å². The van der Waals surface area contributed by atoms with Gasteiger partial charge in [-0.1, -0.05) is 20.8 Å². The third-order valence-corrected chi connectivity index (χ3v) is 4.36. The summed E-state index contributed by atoms with van der Waals surface area (Å²) in [5.74, 6) is -0.627. The van der Waals surface area contributed by atoms with Crippen molar-refractivity contribution in [1.82, 2.24) is 4.72 Å². The highest BCUT2D eigenvalue weighted by Gasteiger charge is 2.30. The molecule has 0 unspecified atom stereocenters. The van der Waals surface area contributed by atoms with Crippen molar-refractivity contribution in [3.05, 3.63) is 24.0 Å². The number of hydrogen-bond donors (Lipinski definition) is 2. The molecule has 0 saturated carbocycles. The predicted molar refractivity (Wildman–Crippen MR) is 79.3 cm³/mol. The number of nitrogen functional groups attached to an aromatic ring is 1. The molecule has 3 N–H and O–H groups in total. The Morgan fingerprint density at radius 1 is 1.20 bits per heavy atom. The fourth-order valence-corrected chi connectivity index (χ4v) is 3.92. The van der Waals surface area contributed by atoms with Gasteiger partial charge in [-0.15, -0.1) is 0 Å². The summed E-state index contributed by atoms with van der Waals surface area (Å²) >= 11 is 0. The highest BCUT2D eigenvalue weighted by Crippen LogP contribution is 2.28. The quantitative estimate of drug-likeness (QED) is 0.840. The van der Waals surface area contributed by atoms with Crippen LogP contribution in [0.25, 0.3) is 0 Å². The summed E-state index contributed by atoms with van der Waals surface area (Å²) in [5, 5.41) is 0. The highest BCUT2D eigenvalue weighted by atomic mass is 32.2. The SMILES string of the molecule is CC(C)(C)CC(C)(C)NS(=O)(=O)c1ccc(F)c(N)c1. The molecule has 114 valence electrons. The Balaban J connectivity index is 3.03. The Morgan fingerprint density at radius 3 is 2.20 bits per heavy atom. The maximum atomic E-state index is 13.1. The minimum atomic E-state index is -3.73. The number of nitrogens with two attached hydrogens (primary N) is 1. The average Bonchev–Trinajstić information content (AvgIpc) is 2.16. The van der Waals surface area contributed by atoms with Crippen LogP contribution in [0.5, 0.6) is 0 Å². The van der Waals surface area contributed by atoms with Gasteiger partial charge in [0.25, 0.3) is 0 Å². The first kappa shape index (κ1) is 16.9. The molecule has 6 heteroatoms. The van der Waals surface area contributed by atoms with Crippen molar-refractivity contribution in [1.29, 1.82) is 0 Å². The van der Waals surface area contributed by atoms with Crippen molar-refractivity contribution in [2.24, 2.45) is 5.41 Å². The third-order valence-electron chi connectivity index (χ3n) is 2.66. The molecule has 0 atom stereocenters. The molecular formula is C14H23FN2O2S. The third kappa shape index (κ3) is 4.76. The number of sulfonamides is 1. The van der Waals surface area contributed by atoms with E-state index in [1.54, 1.807) is 0 Å². The molecule has 0 fully saturated rings. The van der Waals surface area contributed by atoms with Crippen molar-refractivity contribution in [3.63, 3.8) is 0 Å². The maximum absolute atomic E-state index is 13.1. The van der Waals surface area contributed by atoms with E-state index >= 15 is 0 Å². The van der Waals surface area contributed by atoms with Gasteiger partial charge in [-0.25, -0.2) is 17.5 Å². The van der Waals surface area contributed by atoms with Crippen LogP contribution in [0.3, 0.4) is 0 Å². The van der Waals surface area contributed by atoms with Crippen molar-refractivity contribution in [2.45, 2.75) is 51.5 Å². The van der Waals surface area contributed by atoms with Crippen molar-refractivity contribution in [3.8, 4) is 0 Å². The second-order valence-electron chi connectivity index (χ2n) is 6.91. The van der Waals surface area contributed by atoms with Crippen LogP contribution < -0.4 is 10.5 Å². The van der Waals surface area contributed by atoms with E-state index in [4.69, 9.17) is 5.73 Å². The summed E-state index contributed by atoms with van der Waals surface area (Å²) in [6, 6.07) is 3.40. The number of hydrogen-bond acceptors (Lipinski definition) is 3. The Labute approximate surface area is 120 Å². The van der Waals surface area contributed by atoms with Crippen molar-refractivity contribution in [2.75, 3.05) is 5.73 Å². The van der Waals surface area contributed by atoms with E-state index in [1.165, 1.54) is 6.07 Å². The summed E-state index contributed by atoms with van der Waals surface area (Å²) in [7, 11) is -3.73. The lowest BCUT2D eigenvalue weighted by atomic mass is 9.82. The predicted octanol–water partition coefficient (Wildman–Crippen LogP) is 2.90. The minimum absolute atomic E-state index is 0.0200. The molecule has 0 saturated heterocycles. The number of anilines is 1. The van der Waals surface area contributed by atoms with E-state index in [1.807, 2.05) is 34.6 Å². The molecule has 0 radical (unpaired) electrons. The lowest BCUT2D eigenvalue weighted by Gasteiger charge is -2.33. The zero-order valence-electron chi connectivity index (χ0n) is 12.6. The molecule has 0 aliphatic heterocycles. The van der Waals surface area contributed by atoms with Crippen LogP contribution >= 0.6 is 0 Å². The van der Waals surface area contributed by atoms with Gasteiger partial charge in [-0.2, -0.15) is 0 Å². The van der Waals surface area contributed by atoms with Crippen molar-refractivity contribution >= 4 is 15.7 Å². The Bertz CT molecular complexity index is 590. The minimum Gasteiger partial charge on any atom is -0.396 e. The molecule has 0 aliphatic rings. The second kappa shape index (κ2) is 5.33. The Kier molecular flexibility index (Phi) is 4.51. The maximum Gasteiger partial charge on any atom is 0.241 e. The summed E-state index contributed by atoms with van der Waals surface area (Å²) in [6.45, 7) is 9.77. The molecule has 4 nitrogen and oxygen atoms in total. The van der Waals surface area contributed by atoms with Gasteiger partial charge in [-0.05, 0) is 43.9 Å². The summed E-state index contributed by atoms with van der Waals surface area (Å²) in [6.07, 6.45) is 0.663. The van der Waals surface area contributed by atoms with Crippen LogP contribution in [0.2, 0.25) is 0 Å². The van der Waals surface area contributed by atoms with Crippen LogP contribution in [-0.4, -0.2) is 14.0 Å². The largest absolute Gasteiger partial charge is 0.396 e. The van der Waals surface area contributed by atoms with E-state index in [0.29, 0.717) is 6.42 Å². The smallest absolute Gasteiger partial charge is 0.241 e. The number of rotatable bonds is 4. The number of benzene rings is 1. The van der Waals surface area contributed by atoms with Gasteiger partial charge in [0.05, 0.1) is 10.6 Å². The first-order chi connectivity index (χ1) is 8.82. The standard InChI is InChI=1S/C14H23FN2O2S/c1-13(2,3)9-14(4,5)17-20(18,19)10-6-7-11(15)12(16)8-10/h6-8,17H,9,16H2,1-5H3. The molecule has 0 spiro atoms. The van der Waals surface area contributed by atoms with Gasteiger partial charge in [0, 0.05) is 5.54 Å². The Morgan fingerprint density at radius 2 is 1.75 bits per heavy atom. The molecule has 0 heterocycles. The van der Waals surface area contributed by atoms with E-state index in [-0.39, 0.29) is 16.0 Å². The van der Waals surface area contributed by atoms with Crippen LogP contribution in [0.4, 0.5) is 10.1 Å². The molecule has 1 aromatic rings. The normalized spacial score (nSPS) is 13.5. The zero-order valence-corrected chi connectivity index (χ0v) is 13.4. The number of nitrogens with one attached hydrogen (secondary N) is 1. The topological polar surface area (TPSA) is 72.2 Å². The molecule has 20 heavy (non-hydrogen) atoms. The second-order valence-corrected chi connectivity index (χ2v) is 8.59. The monoisotopic (exact) mass is 302 g/mol. The van der Waals surface area contributed by atoms with Gasteiger partial charge in [0.1, 0.15) is 5.82 Å². The summed E-state index contributed by atoms with van der Waals surface area (Å²) in [4.78, 5) is -0.0293. The van der Waals surface area contributed by atoms with Gasteiger partial charge in [-0.3, -0.25) is 0 Å². The van der Waals surface area contributed by atoms with Gasteiger partial charge < -0.3 is 5.73 Å². The van der Waals surface area contributed by atoms with Crippen LogP contribution in [-0.2, 0) is 10.0 Å². The summed E-state index contributed by atoms with van der Waals surface area (Å²) < 4.78 is 40.4. The fraction of sp³-hybridized carbons (Fsp3) is 0.571. The molecule has 1 aromatic carbocycles. The average molecular weight is 302 g/mol. The molecule has 0 aliphatic carbocycles. The molecule has 0 amide bonds. The lowest BCUT2D eigenvalue weighted by Crippen LogP contribution is -2.45. The van der Waals surface area contributed by atoms with E-state index in [9.17, 15) is 12.8 Å². The zero-order chi connectivity index (χ0) is 15.8. The van der Waals surface area contributed by atoms with E-state index < -0.39 is 21.4 Å². The Hall–Kier alpha value is -1.14. The molecule has 0 bridgehead atoms. The lowest BCUT2D eigenvalue weighted by molar-refractivity contribution is 0.269. The molecule has 0 aromatic heterocycles. The van der Waals surface area contributed by atoms with Crippen LogP contribution in [0, 0.1) is 11.2 Å². The molecule has 1 rings (SSSR count). The van der Waals surface area contributed by atoms with E-state index in [0.717, 1.165) is 12.1 Å². The number of halogens is 1. The first-order valence-electron chi connectivity index (χ1n) is 6.41. The highest BCUT2D eigenvalue weighted by molar-refractivity contribution is 7.89. The fourth-order valence-electron chi connectivity index (χ4n) is 2.47. The van der Waals surface area contributed by atoms with Gasteiger partial charge in [0.2, 0.25) is 10.0 Å². The van der Waals surface area contributed by atoms with E-state index in [2.05, 4.69) is 4.72 Å². The van der Waals surface area contributed by atoms with Gasteiger partial charge >= 0.3 is 0 Å². The molecular weight excluding hydrogens is 279 g/mol. The van der Waals surface area contributed by atoms with Crippen molar-refractivity contribution < 1.29 is 12.8 Å².